The molecule has 0 amide bonds. The number of aliphatic hydroxyl groups excluding tert-OH is 3. The molecular formula is C14H18O6. The van der Waals surface area contributed by atoms with Crippen LogP contribution in [0.2, 0.25) is 0 Å². The van der Waals surface area contributed by atoms with Crippen molar-refractivity contribution in [1.82, 2.24) is 0 Å². The van der Waals surface area contributed by atoms with Crippen LogP contribution in [0, 0.1) is 0 Å². The molecule has 1 saturated heterocycles. The first-order chi connectivity index (χ1) is 9.50. The van der Waals surface area contributed by atoms with E-state index in [-0.39, 0.29) is 6.61 Å². The molecule has 110 valence electrons. The number of carbonyl (C=O) groups excluding carboxylic acids is 1. The molecule has 0 saturated carbocycles. The van der Waals surface area contributed by atoms with E-state index in [1.54, 1.807) is 37.3 Å². The Morgan fingerprint density at radius 2 is 1.80 bits per heavy atom. The summed E-state index contributed by atoms with van der Waals surface area (Å²) in [4.78, 5) is 11.8. The first-order valence-corrected chi connectivity index (χ1v) is 6.42. The van der Waals surface area contributed by atoms with E-state index in [1.165, 1.54) is 0 Å². The van der Waals surface area contributed by atoms with Gasteiger partial charge in [-0.1, -0.05) is 18.2 Å². The first-order valence-electron chi connectivity index (χ1n) is 6.42. The Kier molecular flexibility index (Phi) is 4.72. The second-order valence-electron chi connectivity index (χ2n) is 4.82. The van der Waals surface area contributed by atoms with E-state index in [2.05, 4.69) is 0 Å². The quantitative estimate of drug-likeness (QED) is 0.660. The number of carbonyl (C=O) groups is 1. The third-order valence-electron chi connectivity index (χ3n) is 3.34. The van der Waals surface area contributed by atoms with E-state index in [1.807, 2.05) is 0 Å². The van der Waals surface area contributed by atoms with Crippen molar-refractivity contribution in [1.29, 1.82) is 0 Å². The monoisotopic (exact) mass is 282 g/mol. The van der Waals surface area contributed by atoms with Crippen LogP contribution in [-0.2, 0) is 9.47 Å². The maximum absolute atomic E-state index is 11.8. The van der Waals surface area contributed by atoms with Crippen molar-refractivity contribution in [2.24, 2.45) is 0 Å². The third kappa shape index (κ3) is 3.16. The molecule has 0 radical (unpaired) electrons. The number of hydrogen-bond acceptors (Lipinski definition) is 6. The van der Waals surface area contributed by atoms with Gasteiger partial charge in [0.05, 0.1) is 11.7 Å². The average Bonchev–Trinajstić information content (AvgIpc) is 2.48. The predicted octanol–water partition coefficient (Wildman–Crippen LogP) is -0.287. The van der Waals surface area contributed by atoms with Gasteiger partial charge in [-0.25, -0.2) is 4.79 Å². The second kappa shape index (κ2) is 6.32. The minimum absolute atomic E-state index is 0.191. The average molecular weight is 282 g/mol. The van der Waals surface area contributed by atoms with Crippen LogP contribution in [0.1, 0.15) is 17.3 Å². The molecule has 1 fully saturated rings. The summed E-state index contributed by atoms with van der Waals surface area (Å²) in [5, 5.41) is 29.0. The van der Waals surface area contributed by atoms with Crippen molar-refractivity contribution < 1.29 is 29.6 Å². The van der Waals surface area contributed by atoms with Gasteiger partial charge in [0.25, 0.3) is 0 Å². The molecule has 1 aromatic rings. The zero-order valence-corrected chi connectivity index (χ0v) is 11.0. The van der Waals surface area contributed by atoms with Crippen LogP contribution in [-0.4, -0.2) is 58.4 Å². The third-order valence-corrected chi connectivity index (χ3v) is 3.34. The fourth-order valence-corrected chi connectivity index (χ4v) is 2.09. The summed E-state index contributed by atoms with van der Waals surface area (Å²) in [5.41, 5.74) is 0.395. The highest BCUT2D eigenvalue weighted by atomic mass is 16.6. The van der Waals surface area contributed by atoms with Crippen LogP contribution in [0.5, 0.6) is 0 Å². The molecule has 2 rings (SSSR count). The van der Waals surface area contributed by atoms with E-state index in [4.69, 9.17) is 9.47 Å². The van der Waals surface area contributed by atoms with Crippen molar-refractivity contribution >= 4 is 5.97 Å². The molecule has 0 aliphatic carbocycles. The topological polar surface area (TPSA) is 96.2 Å². The van der Waals surface area contributed by atoms with Crippen molar-refractivity contribution in [2.75, 3.05) is 6.61 Å². The maximum atomic E-state index is 11.8. The van der Waals surface area contributed by atoms with Gasteiger partial charge in [0.2, 0.25) is 0 Å². The Morgan fingerprint density at radius 1 is 1.15 bits per heavy atom. The lowest BCUT2D eigenvalue weighted by molar-refractivity contribution is -0.224. The smallest absolute Gasteiger partial charge is 0.338 e. The molecule has 0 aromatic heterocycles. The molecule has 2 unspecified atom stereocenters. The maximum Gasteiger partial charge on any atom is 0.338 e. The summed E-state index contributed by atoms with van der Waals surface area (Å²) in [7, 11) is 0. The molecule has 1 aromatic carbocycles. The standard InChI is InChI=1S/C14H18O6/c1-8-11(15)13(17)12(16)10(20-8)7-19-14(18)9-5-3-2-4-6-9/h2-6,8,10-13,15-17H,7H2,1H3/t8-,10?,11?,12-,13+/m0/s1. The molecule has 1 heterocycles. The van der Waals surface area contributed by atoms with Crippen molar-refractivity contribution in [3.05, 3.63) is 35.9 Å². The lowest BCUT2D eigenvalue weighted by Gasteiger charge is -2.38. The van der Waals surface area contributed by atoms with Gasteiger partial charge in [-0.2, -0.15) is 0 Å². The molecule has 1 aliphatic rings. The first kappa shape index (κ1) is 14.9. The van der Waals surface area contributed by atoms with Gasteiger partial charge in [0.15, 0.2) is 0 Å². The predicted molar refractivity (Wildman–Crippen MR) is 69.1 cm³/mol. The molecule has 6 nitrogen and oxygen atoms in total. The molecule has 6 heteroatoms. The van der Waals surface area contributed by atoms with E-state index in [9.17, 15) is 20.1 Å². The molecule has 20 heavy (non-hydrogen) atoms. The molecule has 0 bridgehead atoms. The Hall–Kier alpha value is -1.47. The Bertz CT molecular complexity index is 448. The molecule has 3 N–H and O–H groups in total. The Morgan fingerprint density at radius 3 is 2.45 bits per heavy atom. The van der Waals surface area contributed by atoms with Crippen LogP contribution in [0.3, 0.4) is 0 Å². The molecule has 5 atom stereocenters. The number of rotatable bonds is 3. The van der Waals surface area contributed by atoms with Crippen molar-refractivity contribution in [3.63, 3.8) is 0 Å². The highest BCUT2D eigenvalue weighted by molar-refractivity contribution is 5.89. The lowest BCUT2D eigenvalue weighted by Crippen LogP contribution is -2.57. The van der Waals surface area contributed by atoms with Gasteiger partial charge < -0.3 is 24.8 Å². The van der Waals surface area contributed by atoms with Crippen LogP contribution in [0.4, 0.5) is 0 Å². The molecule has 0 spiro atoms. The van der Waals surface area contributed by atoms with Gasteiger partial charge in [-0.3, -0.25) is 0 Å². The van der Waals surface area contributed by atoms with E-state index in [0.29, 0.717) is 5.56 Å². The number of benzene rings is 1. The summed E-state index contributed by atoms with van der Waals surface area (Å²) in [6.45, 7) is 1.38. The summed E-state index contributed by atoms with van der Waals surface area (Å²) >= 11 is 0. The summed E-state index contributed by atoms with van der Waals surface area (Å²) < 4.78 is 10.4. The van der Waals surface area contributed by atoms with Crippen molar-refractivity contribution in [2.45, 2.75) is 37.4 Å². The summed E-state index contributed by atoms with van der Waals surface area (Å²) in [5.74, 6) is -0.533. The van der Waals surface area contributed by atoms with Crippen LogP contribution < -0.4 is 0 Å². The van der Waals surface area contributed by atoms with Gasteiger partial charge in [-0.05, 0) is 19.1 Å². The van der Waals surface area contributed by atoms with Crippen LogP contribution >= 0.6 is 0 Å². The van der Waals surface area contributed by atoms with Gasteiger partial charge in [0, 0.05) is 0 Å². The van der Waals surface area contributed by atoms with Gasteiger partial charge >= 0.3 is 5.97 Å². The Balaban J connectivity index is 1.92. The van der Waals surface area contributed by atoms with E-state index < -0.39 is 36.5 Å². The lowest BCUT2D eigenvalue weighted by atomic mass is 9.96. The normalized spacial score (nSPS) is 33.7. The SMILES string of the molecule is C[C@@H]1OC(COC(=O)c2ccccc2)[C@H](O)[C@H](O)C1O. The number of hydrogen-bond donors (Lipinski definition) is 3. The molecule has 1 aliphatic heterocycles. The van der Waals surface area contributed by atoms with E-state index in [0.717, 1.165) is 0 Å². The number of ether oxygens (including phenoxy) is 2. The highest BCUT2D eigenvalue weighted by Gasteiger charge is 2.42. The molecular weight excluding hydrogens is 264 g/mol. The fourth-order valence-electron chi connectivity index (χ4n) is 2.09. The minimum Gasteiger partial charge on any atom is -0.459 e. The fraction of sp³-hybridized carbons (Fsp3) is 0.500. The highest BCUT2D eigenvalue weighted by Crippen LogP contribution is 2.21. The summed E-state index contributed by atoms with van der Waals surface area (Å²) in [6.07, 6.45) is -5.29. The van der Waals surface area contributed by atoms with Gasteiger partial charge in [-0.15, -0.1) is 0 Å². The van der Waals surface area contributed by atoms with Crippen molar-refractivity contribution in [3.8, 4) is 0 Å². The van der Waals surface area contributed by atoms with Crippen LogP contribution in [0.15, 0.2) is 30.3 Å². The summed E-state index contributed by atoms with van der Waals surface area (Å²) in [6, 6.07) is 8.43. The minimum atomic E-state index is -1.32. The van der Waals surface area contributed by atoms with Crippen LogP contribution in [0.25, 0.3) is 0 Å². The second-order valence-corrected chi connectivity index (χ2v) is 4.82. The van der Waals surface area contributed by atoms with E-state index >= 15 is 0 Å². The number of aliphatic hydroxyl groups is 3. The van der Waals surface area contributed by atoms with Gasteiger partial charge in [0.1, 0.15) is 31.0 Å². The Labute approximate surface area is 116 Å². The zero-order chi connectivity index (χ0) is 14.7. The number of esters is 1. The zero-order valence-electron chi connectivity index (χ0n) is 11.0. The largest absolute Gasteiger partial charge is 0.459 e.